The third-order valence-electron chi connectivity index (χ3n) is 15.4. The van der Waals surface area contributed by atoms with Crippen molar-refractivity contribution in [1.82, 2.24) is 37.2 Å². The fourth-order valence-corrected chi connectivity index (χ4v) is 10.0. The molecule has 0 aromatic rings. The molecule has 2 heterocycles. The quantitative estimate of drug-likeness (QED) is 0.0204. The highest BCUT2D eigenvalue weighted by atomic mass is 16.7. The fourth-order valence-electron chi connectivity index (χ4n) is 10.0. The molecule has 0 aromatic heterocycles. The summed E-state index contributed by atoms with van der Waals surface area (Å²) >= 11 is 0. The lowest BCUT2D eigenvalue weighted by atomic mass is 9.83. The summed E-state index contributed by atoms with van der Waals surface area (Å²) in [4.78, 5) is 88.8. The van der Waals surface area contributed by atoms with Crippen molar-refractivity contribution in [1.29, 1.82) is 0 Å². The van der Waals surface area contributed by atoms with E-state index in [1.54, 1.807) is 0 Å². The molecule has 0 radical (unpaired) electrons. The van der Waals surface area contributed by atoms with Crippen molar-refractivity contribution in [3.8, 4) is 12.3 Å². The summed E-state index contributed by atoms with van der Waals surface area (Å²) < 4.78 is 45.8. The minimum Gasteiger partial charge on any atom is -0.396 e. The first kappa shape index (κ1) is 81.4. The average molecular weight is 1320 g/mol. The summed E-state index contributed by atoms with van der Waals surface area (Å²) in [7, 11) is 0. The van der Waals surface area contributed by atoms with Gasteiger partial charge in [0.15, 0.2) is 12.6 Å². The summed E-state index contributed by atoms with van der Waals surface area (Å²) in [5, 5.41) is 107. The summed E-state index contributed by atoms with van der Waals surface area (Å²) in [5.41, 5.74) is -1.38. The lowest BCUT2D eigenvalue weighted by Crippen LogP contribution is -2.58. The Morgan fingerprint density at radius 3 is 1.13 bits per heavy atom. The van der Waals surface area contributed by atoms with Crippen LogP contribution in [0, 0.1) is 18.3 Å². The zero-order valence-corrected chi connectivity index (χ0v) is 53.2. The van der Waals surface area contributed by atoms with Crippen LogP contribution < -0.4 is 37.2 Å². The number of carbonyl (C=O) groups is 7. The maximum absolute atomic E-state index is 13.3. The highest BCUT2D eigenvalue weighted by Gasteiger charge is 2.39. The Kier molecular flexibility index (Phi) is 43.2. The molecule has 3 rings (SSSR count). The van der Waals surface area contributed by atoms with Gasteiger partial charge in [0.25, 0.3) is 0 Å². The third-order valence-corrected chi connectivity index (χ3v) is 15.4. The van der Waals surface area contributed by atoms with Crippen molar-refractivity contribution in [3.63, 3.8) is 0 Å². The van der Waals surface area contributed by atoms with Gasteiger partial charge in [0, 0.05) is 142 Å². The van der Waals surface area contributed by atoms with Crippen LogP contribution in [-0.4, -0.2) is 279 Å². The highest BCUT2D eigenvalue weighted by molar-refractivity contribution is 5.78. The molecule has 31 nitrogen and oxygen atoms in total. The average Bonchev–Trinajstić information content (AvgIpc) is 1.03. The molecule has 530 valence electrons. The van der Waals surface area contributed by atoms with E-state index in [1.807, 2.05) is 0 Å². The molecule has 3 aliphatic rings. The molecule has 92 heavy (non-hydrogen) atoms. The van der Waals surface area contributed by atoms with Crippen LogP contribution in [0.1, 0.15) is 135 Å². The van der Waals surface area contributed by atoms with Gasteiger partial charge in [0.2, 0.25) is 41.4 Å². The number of amides is 7. The Morgan fingerprint density at radius 2 is 0.772 bits per heavy atom. The van der Waals surface area contributed by atoms with Crippen LogP contribution >= 0.6 is 0 Å². The number of nitrogens with one attached hydrogen (secondary N) is 7. The molecule has 1 saturated carbocycles. The smallest absolute Gasteiger partial charge is 0.222 e. The van der Waals surface area contributed by atoms with Gasteiger partial charge >= 0.3 is 0 Å². The Balaban J connectivity index is 1.40. The molecule has 1 aliphatic carbocycles. The number of aliphatic hydroxyl groups excluding tert-OH is 9. The minimum atomic E-state index is -1.38. The van der Waals surface area contributed by atoms with Gasteiger partial charge in [-0.3, -0.25) is 33.6 Å². The molecule has 2 aliphatic heterocycles. The number of aliphatic hydroxyl groups is 9. The van der Waals surface area contributed by atoms with Gasteiger partial charge in [-0.15, -0.1) is 12.3 Å². The molecule has 16 N–H and O–H groups in total. The van der Waals surface area contributed by atoms with Crippen LogP contribution in [0.4, 0.5) is 0 Å². The number of carbonyl (C=O) groups excluding carboxylic acids is 7. The first-order valence-corrected chi connectivity index (χ1v) is 32.5. The maximum atomic E-state index is 13.3. The standard InChI is InChI=1S/C61H107N7O24/c1-2-3-13-55(81)68-61(39-85-29-17-52(78)65-23-10-20-62-49(75)14-4-7-26-88-43-32-42(36-69)58(82)44(72)33-43,40-86-30-18-53(79)66-24-11-21-63-50(76)15-5-8-27-89-56-34-45(73)59(83)47(37-70)91-56)41-87-31-19-54(80)67-25-12-22-64-51(77)16-6-9-28-90-57-35-46(74)60(84)48(38-71)92-57/h1,42-48,56-60,69-74,82-84H,3-41H2,(H,62,75)(H,63,76)(H,64,77)(H,65,78)(H,66,79)(H,67,80)(H,68,81)/t42-,43-,44-,45-,46-,47-,48?,56?,57-,58+,59-,60-,61?/m1/s1. The van der Waals surface area contributed by atoms with Crippen molar-refractivity contribution in [2.45, 2.75) is 208 Å². The maximum Gasteiger partial charge on any atom is 0.222 e. The van der Waals surface area contributed by atoms with Gasteiger partial charge in [0.05, 0.1) is 83.4 Å². The number of ether oxygens (including phenoxy) is 8. The predicted molar refractivity (Wildman–Crippen MR) is 327 cm³/mol. The van der Waals surface area contributed by atoms with Gasteiger partial charge in [0.1, 0.15) is 30.0 Å². The van der Waals surface area contributed by atoms with E-state index in [0.29, 0.717) is 90.4 Å². The molecule has 31 heteroatoms. The predicted octanol–water partition coefficient (Wildman–Crippen LogP) is -3.95. The molecule has 7 amide bonds. The lowest BCUT2D eigenvalue weighted by molar-refractivity contribution is -0.257. The molecular weight excluding hydrogens is 1210 g/mol. The number of hydrogen-bond donors (Lipinski definition) is 16. The summed E-state index contributed by atoms with van der Waals surface area (Å²) in [6.45, 7) is 0.511. The second-order valence-corrected chi connectivity index (χ2v) is 23.3. The lowest BCUT2D eigenvalue weighted by Gasteiger charge is -2.36. The van der Waals surface area contributed by atoms with E-state index in [1.165, 1.54) is 0 Å². The van der Waals surface area contributed by atoms with Crippen LogP contribution in [0.5, 0.6) is 0 Å². The van der Waals surface area contributed by atoms with E-state index in [2.05, 4.69) is 43.1 Å². The van der Waals surface area contributed by atoms with Gasteiger partial charge in [-0.1, -0.05) is 0 Å². The van der Waals surface area contributed by atoms with Crippen molar-refractivity contribution in [2.75, 3.05) is 119 Å². The summed E-state index contributed by atoms with van der Waals surface area (Å²) in [6, 6.07) is 0. The van der Waals surface area contributed by atoms with E-state index in [0.717, 1.165) is 0 Å². The van der Waals surface area contributed by atoms with E-state index in [-0.39, 0.29) is 191 Å². The Hall–Kier alpha value is -4.83. The third kappa shape index (κ3) is 35.6. The van der Waals surface area contributed by atoms with Crippen molar-refractivity contribution >= 4 is 41.4 Å². The van der Waals surface area contributed by atoms with Crippen LogP contribution in [0.3, 0.4) is 0 Å². The van der Waals surface area contributed by atoms with E-state index in [4.69, 9.17) is 44.3 Å². The monoisotopic (exact) mass is 1320 g/mol. The zero-order valence-electron chi connectivity index (χ0n) is 53.2. The van der Waals surface area contributed by atoms with E-state index < -0.39 is 92.0 Å². The van der Waals surface area contributed by atoms with Crippen LogP contribution in [0.2, 0.25) is 0 Å². The number of terminal acetylenes is 1. The van der Waals surface area contributed by atoms with Crippen molar-refractivity contribution in [2.24, 2.45) is 5.92 Å². The van der Waals surface area contributed by atoms with Gasteiger partial charge in [-0.05, 0) is 64.2 Å². The fraction of sp³-hybridized carbons (Fsp3) is 0.852. The molecule has 3 unspecified atom stereocenters. The Morgan fingerprint density at radius 1 is 0.413 bits per heavy atom. The second kappa shape index (κ2) is 48.8. The normalized spacial score (nSPS) is 24.5. The largest absolute Gasteiger partial charge is 0.396 e. The van der Waals surface area contributed by atoms with Gasteiger partial charge < -0.3 is 121 Å². The first-order chi connectivity index (χ1) is 44.3. The highest BCUT2D eigenvalue weighted by Crippen LogP contribution is 2.28. The number of hydrogen-bond acceptors (Lipinski definition) is 24. The van der Waals surface area contributed by atoms with Gasteiger partial charge in [-0.2, -0.15) is 0 Å². The molecule has 13 atom stereocenters. The van der Waals surface area contributed by atoms with E-state index >= 15 is 0 Å². The van der Waals surface area contributed by atoms with Crippen molar-refractivity contribution < 1.29 is 117 Å². The molecule has 0 bridgehead atoms. The van der Waals surface area contributed by atoms with Gasteiger partial charge in [-0.25, -0.2) is 0 Å². The number of unbranched alkanes of at least 4 members (excludes halogenated alkanes) is 3. The molecule has 3 fully saturated rings. The minimum absolute atomic E-state index is 0.0515. The summed E-state index contributed by atoms with van der Waals surface area (Å²) in [5.74, 6) is -0.00990. The van der Waals surface area contributed by atoms with Crippen LogP contribution in [-0.2, 0) is 71.5 Å². The second-order valence-electron chi connectivity index (χ2n) is 23.3. The zero-order chi connectivity index (χ0) is 67.4. The topological polar surface area (TPSA) is 460 Å². The van der Waals surface area contributed by atoms with Crippen LogP contribution in [0.15, 0.2) is 0 Å². The SMILES string of the molecule is C#CCCC(=O)NC(COCCC(=O)NCCCNC(=O)CCCCOC1C[C@@H](O)[C@@H](O)[C@@H](CO)O1)(COCCC(=O)NCCCNC(=O)CCCCO[C@@H]1C[C@H](CO)[C@H](O)[C@H](O)C1)COCCC(=O)NCCCNC(=O)CCCCO[C@H]1C[C@@H](O)[C@@H](O)C(CO)O1. The molecule has 2 saturated heterocycles. The Labute approximate surface area is 539 Å². The number of rotatable bonds is 51. The molecule has 0 spiro atoms. The molecule has 0 aromatic carbocycles. The summed E-state index contributed by atoms with van der Waals surface area (Å²) in [6.07, 6.45) is 1.23. The molecular formula is C61H107N7O24. The first-order valence-electron chi connectivity index (χ1n) is 32.5. The van der Waals surface area contributed by atoms with Crippen LogP contribution in [0.25, 0.3) is 0 Å². The van der Waals surface area contributed by atoms with Crippen molar-refractivity contribution in [3.05, 3.63) is 0 Å². The van der Waals surface area contributed by atoms with E-state index in [9.17, 15) is 79.5 Å². The Bertz CT molecular complexity index is 1930.